The zero-order chi connectivity index (χ0) is 31.7. The van der Waals surface area contributed by atoms with E-state index >= 15 is 0 Å². The van der Waals surface area contributed by atoms with Crippen LogP contribution in [-0.2, 0) is 11.2 Å². The average molecular weight is 626 g/mol. The number of aromatic nitrogens is 2. The molecule has 1 aromatic carbocycles. The van der Waals surface area contributed by atoms with E-state index < -0.39 is 12.1 Å². The lowest BCUT2D eigenvalue weighted by Gasteiger charge is -2.47. The van der Waals surface area contributed by atoms with Crippen LogP contribution in [0, 0.1) is 0 Å². The quantitative estimate of drug-likeness (QED) is 0.308. The number of hydrogen-bond acceptors (Lipinski definition) is 7. The molecule has 10 nitrogen and oxygen atoms in total. The highest BCUT2D eigenvalue weighted by Gasteiger charge is 2.46. The molecule has 4 heterocycles. The van der Waals surface area contributed by atoms with E-state index in [1.165, 1.54) is 4.90 Å². The first-order valence-electron chi connectivity index (χ1n) is 16.9. The van der Waals surface area contributed by atoms with Crippen molar-refractivity contribution < 1.29 is 19.4 Å². The fraction of sp³-hybridized carbons (Fsp3) is 0.500. The number of nitrogens with one attached hydrogen (secondary N) is 2. The second-order valence-electron chi connectivity index (χ2n) is 13.5. The number of aliphatic hydroxyl groups is 1. The van der Waals surface area contributed by atoms with Gasteiger partial charge < -0.3 is 29.9 Å². The lowest BCUT2D eigenvalue weighted by molar-refractivity contribution is -0.117. The van der Waals surface area contributed by atoms with Gasteiger partial charge in [0.05, 0.1) is 17.7 Å². The van der Waals surface area contributed by atoms with Crippen LogP contribution < -0.4 is 25.8 Å². The molecule has 0 bridgehead atoms. The van der Waals surface area contributed by atoms with Crippen molar-refractivity contribution >= 4 is 17.5 Å². The molecule has 3 N–H and O–H groups in total. The summed E-state index contributed by atoms with van der Waals surface area (Å²) >= 11 is 0. The van der Waals surface area contributed by atoms with E-state index in [1.807, 2.05) is 42.5 Å². The largest absolute Gasteiger partial charge is 0.471 e. The number of nitrogens with zero attached hydrogens (tertiary/aromatic N) is 3. The summed E-state index contributed by atoms with van der Waals surface area (Å²) in [4.78, 5) is 46.3. The van der Waals surface area contributed by atoms with E-state index in [9.17, 15) is 19.5 Å². The molecule has 1 unspecified atom stereocenters. The van der Waals surface area contributed by atoms with Gasteiger partial charge in [-0.3, -0.25) is 14.4 Å². The second-order valence-corrected chi connectivity index (χ2v) is 13.5. The van der Waals surface area contributed by atoms with Crippen LogP contribution in [0.25, 0.3) is 0 Å². The maximum atomic E-state index is 14.0. The van der Waals surface area contributed by atoms with Gasteiger partial charge in [-0.15, -0.1) is 0 Å². The summed E-state index contributed by atoms with van der Waals surface area (Å²) in [5.74, 6) is 0.178. The summed E-state index contributed by atoms with van der Waals surface area (Å²) in [6, 6.07) is 14.6. The average Bonchev–Trinajstić information content (AvgIpc) is 3.75. The minimum absolute atomic E-state index is 0.00223. The van der Waals surface area contributed by atoms with Crippen LogP contribution in [-0.4, -0.2) is 57.3 Å². The Labute approximate surface area is 269 Å². The zero-order valence-corrected chi connectivity index (χ0v) is 26.2. The highest BCUT2D eigenvalue weighted by molar-refractivity contribution is 5.98. The molecule has 242 valence electrons. The minimum atomic E-state index is -0.912. The Hall–Kier alpha value is -4.02. The summed E-state index contributed by atoms with van der Waals surface area (Å²) in [7, 11) is 0. The number of hydrogen-bond donors (Lipinski definition) is 3. The van der Waals surface area contributed by atoms with Crippen molar-refractivity contribution in [1.82, 2.24) is 20.2 Å². The van der Waals surface area contributed by atoms with Gasteiger partial charge in [-0.05, 0) is 62.6 Å². The van der Waals surface area contributed by atoms with E-state index in [4.69, 9.17) is 4.74 Å². The number of anilines is 1. The SMILES string of the molecule is O=C(N[C@@H](Cc1ccccc1)[C@H](O)CNC1CC2(CCC2)Oc2ncccc21)c1cc(N2CCCC2=O)c(=O)n(C2CCCC2)c1. The maximum absolute atomic E-state index is 14.0. The van der Waals surface area contributed by atoms with Crippen molar-refractivity contribution in [2.45, 2.75) is 100 Å². The van der Waals surface area contributed by atoms with Crippen molar-refractivity contribution in [3.63, 3.8) is 0 Å². The first-order chi connectivity index (χ1) is 22.4. The fourth-order valence-corrected chi connectivity index (χ4v) is 7.61. The standard InChI is InChI=1S/C36H43N5O5/c42-31(22-38-29-21-36(15-8-16-36)46-34-27(29)13-6-17-37-34)28(19-24-9-2-1-3-10-24)39-33(44)25-20-30(40-18-7-14-32(40)43)35(45)41(23-25)26-11-4-5-12-26/h1-3,6,9-10,13,17,20,23,26,28-29,31,38,42H,4-5,7-8,11-12,14-16,18-19,21-22H2,(H,39,44)/t28-,29?,31+/m0/s1. The van der Waals surface area contributed by atoms with Gasteiger partial charge in [0, 0.05) is 56.0 Å². The number of ether oxygens (including phenoxy) is 1. The molecule has 3 atom stereocenters. The van der Waals surface area contributed by atoms with Crippen molar-refractivity contribution in [3.05, 3.63) is 88.0 Å². The second kappa shape index (κ2) is 13.0. The monoisotopic (exact) mass is 625 g/mol. The molecule has 3 fully saturated rings. The molecule has 1 saturated heterocycles. The number of fused-ring (bicyclic) bond motifs is 1. The number of carbonyl (C=O) groups is 2. The molecule has 2 saturated carbocycles. The van der Waals surface area contributed by atoms with E-state index in [-0.39, 0.29) is 47.3 Å². The highest BCUT2D eigenvalue weighted by atomic mass is 16.5. The molecule has 2 aromatic heterocycles. The van der Waals surface area contributed by atoms with Gasteiger partial charge in [0.15, 0.2) is 0 Å². The van der Waals surface area contributed by atoms with E-state index in [2.05, 4.69) is 15.6 Å². The maximum Gasteiger partial charge on any atom is 0.274 e. The predicted octanol–water partition coefficient (Wildman–Crippen LogP) is 4.22. The Morgan fingerprint density at radius 2 is 1.87 bits per heavy atom. The first kappa shape index (κ1) is 30.6. The summed E-state index contributed by atoms with van der Waals surface area (Å²) in [6.45, 7) is 0.721. The van der Waals surface area contributed by atoms with Gasteiger partial charge in [-0.1, -0.05) is 49.2 Å². The third-order valence-electron chi connectivity index (χ3n) is 10.4. The number of benzene rings is 1. The highest BCUT2D eigenvalue weighted by Crippen LogP contribution is 2.48. The van der Waals surface area contributed by atoms with Crippen molar-refractivity contribution in [2.24, 2.45) is 0 Å². The van der Waals surface area contributed by atoms with Gasteiger partial charge in [0.25, 0.3) is 11.5 Å². The van der Waals surface area contributed by atoms with Crippen LogP contribution in [0.4, 0.5) is 5.69 Å². The molecule has 10 heteroatoms. The third-order valence-corrected chi connectivity index (χ3v) is 10.4. The van der Waals surface area contributed by atoms with Gasteiger partial charge >= 0.3 is 0 Å². The topological polar surface area (TPSA) is 126 Å². The van der Waals surface area contributed by atoms with E-state index in [0.29, 0.717) is 37.3 Å². The molecule has 1 spiro atoms. The molecule has 2 amide bonds. The molecule has 4 aliphatic rings. The Morgan fingerprint density at radius 1 is 1.07 bits per heavy atom. The van der Waals surface area contributed by atoms with Crippen LogP contribution >= 0.6 is 0 Å². The van der Waals surface area contributed by atoms with Crippen LogP contribution in [0.5, 0.6) is 5.88 Å². The molecule has 7 rings (SSSR count). The van der Waals surface area contributed by atoms with Crippen molar-refractivity contribution in [3.8, 4) is 5.88 Å². The molecule has 0 radical (unpaired) electrons. The third kappa shape index (κ3) is 6.20. The van der Waals surface area contributed by atoms with Gasteiger partial charge in [-0.25, -0.2) is 4.98 Å². The predicted molar refractivity (Wildman–Crippen MR) is 174 cm³/mol. The summed E-state index contributed by atoms with van der Waals surface area (Å²) in [6.07, 6.45) is 11.7. The molecule has 46 heavy (non-hydrogen) atoms. The summed E-state index contributed by atoms with van der Waals surface area (Å²) in [5, 5.41) is 18.3. The van der Waals surface area contributed by atoms with E-state index in [1.54, 1.807) is 23.0 Å². The van der Waals surface area contributed by atoms with Crippen LogP contribution in [0.15, 0.2) is 65.7 Å². The first-order valence-corrected chi connectivity index (χ1v) is 16.9. The zero-order valence-electron chi connectivity index (χ0n) is 26.2. The van der Waals surface area contributed by atoms with Crippen LogP contribution in [0.1, 0.15) is 97.8 Å². The molecule has 2 aliphatic heterocycles. The summed E-state index contributed by atoms with van der Waals surface area (Å²) in [5.41, 5.74) is 2.11. The Bertz CT molecular complexity index is 1630. The lowest BCUT2D eigenvalue weighted by atomic mass is 9.73. The Kier molecular flexibility index (Phi) is 8.66. The molecular formula is C36H43N5O5. The molecule has 3 aromatic rings. The van der Waals surface area contributed by atoms with Gasteiger partial charge in [-0.2, -0.15) is 0 Å². The van der Waals surface area contributed by atoms with Crippen molar-refractivity contribution in [1.29, 1.82) is 0 Å². The van der Waals surface area contributed by atoms with Crippen LogP contribution in [0.3, 0.4) is 0 Å². The van der Waals surface area contributed by atoms with Gasteiger partial charge in [0.1, 0.15) is 11.3 Å². The normalized spacial score (nSPS) is 21.8. The van der Waals surface area contributed by atoms with E-state index in [0.717, 1.165) is 62.5 Å². The number of amides is 2. The number of rotatable bonds is 10. The number of aliphatic hydroxyl groups excluding tert-OH is 1. The number of pyridine rings is 2. The lowest BCUT2D eigenvalue weighted by Crippen LogP contribution is -2.52. The van der Waals surface area contributed by atoms with Gasteiger partial charge in [0.2, 0.25) is 11.8 Å². The Morgan fingerprint density at radius 3 is 2.59 bits per heavy atom. The van der Waals surface area contributed by atoms with Crippen LogP contribution in [0.2, 0.25) is 0 Å². The number of carbonyl (C=O) groups excluding carboxylic acids is 2. The fourth-order valence-electron chi connectivity index (χ4n) is 7.61. The molecule has 2 aliphatic carbocycles. The Balaban J connectivity index is 1.14. The van der Waals surface area contributed by atoms with Crippen molar-refractivity contribution in [2.75, 3.05) is 18.0 Å². The summed E-state index contributed by atoms with van der Waals surface area (Å²) < 4.78 is 7.98. The molecular weight excluding hydrogens is 582 g/mol. The smallest absolute Gasteiger partial charge is 0.274 e. The minimum Gasteiger partial charge on any atom is -0.471 e.